The van der Waals surface area contributed by atoms with E-state index in [0.717, 1.165) is 40.9 Å². The predicted octanol–water partition coefficient (Wildman–Crippen LogP) is 5.02. The number of aromatic nitrogens is 1. The van der Waals surface area contributed by atoms with Crippen LogP contribution in [-0.2, 0) is 0 Å². The van der Waals surface area contributed by atoms with Crippen LogP contribution in [0.3, 0.4) is 0 Å². The SMILES string of the molecule is O=C(c1cc2ccccc2o1)N1CCC[C@@H]1c1nc2ccccc2s1. The number of para-hydroxylation sites is 2. The van der Waals surface area contributed by atoms with E-state index in [4.69, 9.17) is 9.40 Å². The van der Waals surface area contributed by atoms with E-state index < -0.39 is 0 Å². The van der Waals surface area contributed by atoms with Gasteiger partial charge in [-0.3, -0.25) is 4.79 Å². The third-order valence-corrected chi connectivity index (χ3v) is 5.88. The van der Waals surface area contributed by atoms with Crippen LogP contribution in [-0.4, -0.2) is 22.3 Å². The average Bonchev–Trinajstić information content (AvgIpc) is 3.36. The number of furan rings is 1. The van der Waals surface area contributed by atoms with Crippen molar-refractivity contribution in [3.63, 3.8) is 0 Å². The normalized spacial score (nSPS) is 17.6. The first kappa shape index (κ1) is 14.7. The van der Waals surface area contributed by atoms with Crippen molar-refractivity contribution in [2.24, 2.45) is 0 Å². The molecule has 1 fully saturated rings. The number of hydrogen-bond donors (Lipinski definition) is 0. The zero-order chi connectivity index (χ0) is 16.8. The molecule has 2 aromatic heterocycles. The van der Waals surface area contributed by atoms with E-state index in [1.807, 2.05) is 53.4 Å². The first-order chi connectivity index (χ1) is 12.3. The van der Waals surface area contributed by atoms with Crippen molar-refractivity contribution in [1.82, 2.24) is 9.88 Å². The highest BCUT2D eigenvalue weighted by Gasteiger charge is 2.34. The summed E-state index contributed by atoms with van der Waals surface area (Å²) >= 11 is 1.68. The van der Waals surface area contributed by atoms with Crippen LogP contribution in [0.15, 0.2) is 59.0 Å². The van der Waals surface area contributed by atoms with Gasteiger partial charge in [0.05, 0.1) is 16.3 Å². The molecule has 5 rings (SSSR count). The number of thiazole rings is 1. The van der Waals surface area contributed by atoms with Crippen LogP contribution >= 0.6 is 11.3 Å². The van der Waals surface area contributed by atoms with Gasteiger partial charge in [0.2, 0.25) is 0 Å². The van der Waals surface area contributed by atoms with Gasteiger partial charge in [-0.15, -0.1) is 11.3 Å². The highest BCUT2D eigenvalue weighted by atomic mass is 32.1. The smallest absolute Gasteiger partial charge is 0.290 e. The molecule has 0 radical (unpaired) electrons. The number of rotatable bonds is 2. The van der Waals surface area contributed by atoms with E-state index in [1.54, 1.807) is 11.3 Å². The number of benzene rings is 2. The molecule has 0 aliphatic carbocycles. The van der Waals surface area contributed by atoms with E-state index in [2.05, 4.69) is 6.07 Å². The fraction of sp³-hybridized carbons (Fsp3) is 0.200. The van der Waals surface area contributed by atoms with Gasteiger partial charge >= 0.3 is 0 Å². The molecule has 0 spiro atoms. The highest BCUT2D eigenvalue weighted by molar-refractivity contribution is 7.18. The molecule has 2 aromatic carbocycles. The van der Waals surface area contributed by atoms with Crippen molar-refractivity contribution < 1.29 is 9.21 Å². The Balaban J connectivity index is 1.50. The second-order valence-corrected chi connectivity index (χ2v) is 7.39. The summed E-state index contributed by atoms with van der Waals surface area (Å²) in [5.74, 6) is 0.368. The lowest BCUT2D eigenvalue weighted by Crippen LogP contribution is -2.30. The van der Waals surface area contributed by atoms with Crippen molar-refractivity contribution in [3.05, 3.63) is 65.4 Å². The Morgan fingerprint density at radius 3 is 2.88 bits per heavy atom. The molecule has 0 saturated carbocycles. The van der Waals surface area contributed by atoms with Crippen molar-refractivity contribution in [1.29, 1.82) is 0 Å². The minimum atomic E-state index is -0.0436. The summed E-state index contributed by atoms with van der Waals surface area (Å²) in [4.78, 5) is 19.7. The Morgan fingerprint density at radius 1 is 1.16 bits per heavy atom. The number of carbonyl (C=O) groups excluding carboxylic acids is 1. The van der Waals surface area contributed by atoms with Gasteiger partial charge in [-0.05, 0) is 37.1 Å². The largest absolute Gasteiger partial charge is 0.451 e. The fourth-order valence-electron chi connectivity index (χ4n) is 3.53. The minimum Gasteiger partial charge on any atom is -0.451 e. The molecule has 1 amide bonds. The molecule has 3 heterocycles. The summed E-state index contributed by atoms with van der Waals surface area (Å²) in [5.41, 5.74) is 1.76. The number of likely N-dealkylation sites (tertiary alicyclic amines) is 1. The van der Waals surface area contributed by atoms with Gasteiger partial charge in [-0.1, -0.05) is 30.3 Å². The maximum atomic E-state index is 13.0. The third kappa shape index (κ3) is 2.43. The summed E-state index contributed by atoms with van der Waals surface area (Å²) in [6.07, 6.45) is 1.94. The van der Waals surface area contributed by atoms with E-state index in [0.29, 0.717) is 5.76 Å². The second kappa shape index (κ2) is 5.70. The van der Waals surface area contributed by atoms with Crippen molar-refractivity contribution >= 4 is 38.4 Å². The fourth-order valence-corrected chi connectivity index (χ4v) is 4.64. The lowest BCUT2D eigenvalue weighted by Gasteiger charge is -2.21. The van der Waals surface area contributed by atoms with Gasteiger partial charge in [0.25, 0.3) is 5.91 Å². The Bertz CT molecular complexity index is 1020. The maximum Gasteiger partial charge on any atom is 0.290 e. The average molecular weight is 348 g/mol. The summed E-state index contributed by atoms with van der Waals surface area (Å²) < 4.78 is 6.94. The predicted molar refractivity (Wildman–Crippen MR) is 98.8 cm³/mol. The van der Waals surface area contributed by atoms with Crippen LogP contribution < -0.4 is 0 Å². The van der Waals surface area contributed by atoms with Gasteiger partial charge in [-0.25, -0.2) is 4.98 Å². The molecular formula is C20H16N2O2S. The van der Waals surface area contributed by atoms with Crippen LogP contribution in [0.2, 0.25) is 0 Å². The first-order valence-corrected chi connectivity index (χ1v) is 9.26. The molecule has 5 heteroatoms. The summed E-state index contributed by atoms with van der Waals surface area (Å²) in [5, 5.41) is 1.98. The summed E-state index contributed by atoms with van der Waals surface area (Å²) in [6, 6.07) is 17.7. The van der Waals surface area contributed by atoms with Crippen molar-refractivity contribution in [2.45, 2.75) is 18.9 Å². The number of carbonyl (C=O) groups is 1. The van der Waals surface area contributed by atoms with Crippen molar-refractivity contribution in [3.8, 4) is 0 Å². The monoisotopic (exact) mass is 348 g/mol. The summed E-state index contributed by atoms with van der Waals surface area (Å²) in [6.45, 7) is 0.746. The van der Waals surface area contributed by atoms with Gasteiger partial charge < -0.3 is 9.32 Å². The van der Waals surface area contributed by atoms with Crippen LogP contribution in [0, 0.1) is 0 Å². The van der Waals surface area contributed by atoms with Crippen LogP contribution in [0.25, 0.3) is 21.2 Å². The second-order valence-electron chi connectivity index (χ2n) is 6.32. The quantitative estimate of drug-likeness (QED) is 0.511. The maximum absolute atomic E-state index is 13.0. The molecule has 1 aliphatic rings. The Hall–Kier alpha value is -2.66. The molecule has 0 N–H and O–H groups in total. The van der Waals surface area contributed by atoms with E-state index in [9.17, 15) is 4.79 Å². The molecule has 1 saturated heterocycles. The van der Waals surface area contributed by atoms with Gasteiger partial charge in [-0.2, -0.15) is 0 Å². The summed E-state index contributed by atoms with van der Waals surface area (Å²) in [7, 11) is 0. The number of fused-ring (bicyclic) bond motifs is 2. The molecule has 124 valence electrons. The molecule has 25 heavy (non-hydrogen) atoms. The van der Waals surface area contributed by atoms with Crippen LogP contribution in [0.5, 0.6) is 0 Å². The number of nitrogens with zero attached hydrogens (tertiary/aromatic N) is 2. The van der Waals surface area contributed by atoms with Gasteiger partial charge in [0.15, 0.2) is 5.76 Å². The highest BCUT2D eigenvalue weighted by Crippen LogP contribution is 2.37. The van der Waals surface area contributed by atoms with Gasteiger partial charge in [0, 0.05) is 11.9 Å². The Kier molecular flexibility index (Phi) is 3.35. The zero-order valence-corrected chi connectivity index (χ0v) is 14.3. The van der Waals surface area contributed by atoms with Crippen LogP contribution in [0.1, 0.15) is 34.4 Å². The molecule has 4 nitrogen and oxygen atoms in total. The zero-order valence-electron chi connectivity index (χ0n) is 13.5. The lowest BCUT2D eigenvalue weighted by atomic mass is 10.2. The van der Waals surface area contributed by atoms with Crippen molar-refractivity contribution in [2.75, 3.05) is 6.54 Å². The molecule has 4 aromatic rings. The molecular weight excluding hydrogens is 332 g/mol. The van der Waals surface area contributed by atoms with Gasteiger partial charge in [0.1, 0.15) is 10.6 Å². The Labute approximate surface area is 148 Å². The molecule has 1 atom stereocenters. The Morgan fingerprint density at radius 2 is 2.00 bits per heavy atom. The van der Waals surface area contributed by atoms with E-state index >= 15 is 0 Å². The first-order valence-electron chi connectivity index (χ1n) is 8.44. The number of hydrogen-bond acceptors (Lipinski definition) is 4. The third-order valence-electron chi connectivity index (χ3n) is 4.75. The molecule has 0 unspecified atom stereocenters. The number of amides is 1. The standard InChI is InChI=1S/C20H16N2O2S/c23-20(17-12-13-6-1-3-9-16(13)24-17)22-11-5-8-15(22)19-21-14-7-2-4-10-18(14)25-19/h1-4,6-7,9-10,12,15H,5,8,11H2/t15-/m1/s1. The van der Waals surface area contributed by atoms with E-state index in [1.165, 1.54) is 4.70 Å². The van der Waals surface area contributed by atoms with Crippen LogP contribution in [0.4, 0.5) is 0 Å². The minimum absolute atomic E-state index is 0.0399. The lowest BCUT2D eigenvalue weighted by molar-refractivity contribution is 0.0705. The van der Waals surface area contributed by atoms with E-state index in [-0.39, 0.29) is 11.9 Å². The topological polar surface area (TPSA) is 46.3 Å². The molecule has 0 bridgehead atoms. The molecule has 1 aliphatic heterocycles.